The number of rotatable bonds is 14. The molecule has 4 atom stereocenters. The minimum atomic E-state index is -1.98. The van der Waals surface area contributed by atoms with Crippen LogP contribution < -0.4 is 0 Å². The van der Waals surface area contributed by atoms with Gasteiger partial charge in [-0.15, -0.1) is 0 Å². The molecule has 3 saturated carbocycles. The summed E-state index contributed by atoms with van der Waals surface area (Å²) in [5.74, 6) is 0.668. The third-order valence-corrected chi connectivity index (χ3v) is 28.2. The van der Waals surface area contributed by atoms with Gasteiger partial charge in [-0.25, -0.2) is 0 Å². The maximum atomic E-state index is 7.12. The normalized spacial score (nSPS) is 27.7. The number of allylic oxidation sites excluding steroid dienone is 5. The lowest BCUT2D eigenvalue weighted by Crippen LogP contribution is -2.49. The first-order valence-electron chi connectivity index (χ1n) is 20.7. The SMILES string of the molecule is C=C1[C@H](O[Si](C)(C)C(C)(C)C)CC(=C/C=C2\CCC[C@]3(C)/C(=C\CCCC(C)(C)O[Si](CC)(CC)CC)CC[C@@H]23)C[C@H]1O[Si](C)(C)C(C)(C)C. The van der Waals surface area contributed by atoms with E-state index in [1.165, 1.54) is 68.7 Å². The third kappa shape index (κ3) is 10.4. The third-order valence-electron chi connectivity index (χ3n) is 14.4. The van der Waals surface area contributed by atoms with E-state index in [1.54, 1.807) is 11.1 Å². The number of hydrogen-bond donors (Lipinski definition) is 0. The number of fused-ring (bicyclic) bond motifs is 1. The fraction of sp³-hybridized carbons (Fsp3) is 0.818. The summed E-state index contributed by atoms with van der Waals surface area (Å²) in [4.78, 5) is 0. The second-order valence-corrected chi connectivity index (χ2v) is 34.6. The highest BCUT2D eigenvalue weighted by molar-refractivity contribution is 6.74. The molecule has 3 fully saturated rings. The summed E-state index contributed by atoms with van der Waals surface area (Å²) in [5.41, 5.74) is 6.35. The van der Waals surface area contributed by atoms with Crippen molar-refractivity contribution in [1.29, 1.82) is 0 Å². The first-order chi connectivity index (χ1) is 22.9. The average Bonchev–Trinajstić information content (AvgIpc) is 3.34. The molecule has 3 aliphatic carbocycles. The van der Waals surface area contributed by atoms with Crippen molar-refractivity contribution in [3.63, 3.8) is 0 Å². The highest BCUT2D eigenvalue weighted by Crippen LogP contribution is 2.57. The average molecular weight is 743 g/mol. The summed E-state index contributed by atoms with van der Waals surface area (Å²) >= 11 is 0. The standard InChI is InChI=1S/C44H82O3Si3/c1-18-50(19-2,20-3)47-43(11,12)30-22-21-25-37-28-29-38-36(24-23-31-44(37,38)13)27-26-35-32-39(45-48(14,15)41(5,6)7)34(4)40(33-35)46-49(16,17)42(8,9)10/h25-27,38-40H,4,18-24,28-33H2,1-3,5-17H3/b36-27+,37-25-/t38-,39+,40+,44+/m0/s1. The van der Waals surface area contributed by atoms with Gasteiger partial charge in [0.1, 0.15) is 0 Å². The Bertz CT molecular complexity index is 1200. The van der Waals surface area contributed by atoms with Gasteiger partial charge in [0.25, 0.3) is 0 Å². The molecule has 0 bridgehead atoms. The Morgan fingerprint density at radius 2 is 1.32 bits per heavy atom. The molecule has 0 saturated heterocycles. The van der Waals surface area contributed by atoms with Gasteiger partial charge in [0.05, 0.1) is 17.8 Å². The molecule has 0 radical (unpaired) electrons. The van der Waals surface area contributed by atoms with Crippen LogP contribution in [0.2, 0.25) is 54.4 Å². The van der Waals surface area contributed by atoms with Crippen molar-refractivity contribution in [2.75, 3.05) is 0 Å². The van der Waals surface area contributed by atoms with Crippen molar-refractivity contribution < 1.29 is 13.3 Å². The van der Waals surface area contributed by atoms with Gasteiger partial charge in [-0.3, -0.25) is 0 Å². The minimum Gasteiger partial charge on any atom is -0.412 e. The van der Waals surface area contributed by atoms with Crippen LogP contribution in [-0.2, 0) is 13.3 Å². The Labute approximate surface area is 315 Å². The molecular formula is C44H82O3Si3. The van der Waals surface area contributed by atoms with Crippen LogP contribution in [0.3, 0.4) is 0 Å². The quantitative estimate of drug-likeness (QED) is 0.101. The predicted molar refractivity (Wildman–Crippen MR) is 228 cm³/mol. The molecule has 0 aromatic heterocycles. The van der Waals surface area contributed by atoms with Crippen LogP contribution in [0.25, 0.3) is 0 Å². The molecular weight excluding hydrogens is 661 g/mol. The summed E-state index contributed by atoms with van der Waals surface area (Å²) in [6.45, 7) is 42.5. The topological polar surface area (TPSA) is 27.7 Å². The smallest absolute Gasteiger partial charge is 0.192 e. The lowest BCUT2D eigenvalue weighted by Gasteiger charge is -2.46. The highest BCUT2D eigenvalue weighted by Gasteiger charge is 2.47. The first-order valence-corrected chi connectivity index (χ1v) is 29.0. The van der Waals surface area contributed by atoms with Crippen molar-refractivity contribution in [1.82, 2.24) is 0 Å². The van der Waals surface area contributed by atoms with E-state index in [1.807, 2.05) is 0 Å². The Balaban J connectivity index is 1.79. The fourth-order valence-corrected chi connectivity index (χ4v) is 14.3. The zero-order chi connectivity index (χ0) is 38.0. The van der Waals surface area contributed by atoms with E-state index in [0.29, 0.717) is 11.3 Å². The van der Waals surface area contributed by atoms with Gasteiger partial charge in [0, 0.05) is 0 Å². The van der Waals surface area contributed by atoms with Crippen LogP contribution in [0.15, 0.2) is 47.1 Å². The molecule has 50 heavy (non-hydrogen) atoms. The van der Waals surface area contributed by atoms with Crippen molar-refractivity contribution >= 4 is 25.0 Å². The highest BCUT2D eigenvalue weighted by atomic mass is 28.4. The molecule has 0 N–H and O–H groups in total. The van der Waals surface area contributed by atoms with Crippen molar-refractivity contribution in [2.24, 2.45) is 11.3 Å². The van der Waals surface area contributed by atoms with Gasteiger partial charge in [0.15, 0.2) is 25.0 Å². The largest absolute Gasteiger partial charge is 0.412 e. The van der Waals surface area contributed by atoms with Crippen LogP contribution >= 0.6 is 0 Å². The summed E-state index contributed by atoms with van der Waals surface area (Å²) in [7, 11) is -5.55. The van der Waals surface area contributed by atoms with Crippen molar-refractivity contribution in [3.8, 4) is 0 Å². The second kappa shape index (κ2) is 16.5. The minimum absolute atomic E-state index is 0.0158. The lowest BCUT2D eigenvalue weighted by atomic mass is 9.65. The number of hydrogen-bond acceptors (Lipinski definition) is 3. The predicted octanol–water partition coefficient (Wildman–Crippen LogP) is 14.5. The van der Waals surface area contributed by atoms with E-state index in [9.17, 15) is 0 Å². The molecule has 3 nitrogen and oxygen atoms in total. The zero-order valence-electron chi connectivity index (χ0n) is 36.1. The monoisotopic (exact) mass is 743 g/mol. The Hall–Kier alpha value is -0.509. The van der Waals surface area contributed by atoms with Gasteiger partial charge in [0.2, 0.25) is 0 Å². The molecule has 0 amide bonds. The maximum absolute atomic E-state index is 7.12. The molecule has 6 heteroatoms. The summed E-state index contributed by atoms with van der Waals surface area (Å²) in [6, 6.07) is 3.68. The van der Waals surface area contributed by atoms with Crippen molar-refractivity contribution in [2.45, 2.75) is 219 Å². The van der Waals surface area contributed by atoms with Gasteiger partial charge >= 0.3 is 0 Å². The number of unbranched alkanes of at least 4 members (excludes halogenated alkanes) is 1. The first kappa shape index (κ1) is 43.9. The van der Waals surface area contributed by atoms with Gasteiger partial charge in [-0.1, -0.05) is 111 Å². The Kier molecular flexibility index (Phi) is 14.5. The molecule has 0 heterocycles. The van der Waals surface area contributed by atoms with Crippen LogP contribution in [0.5, 0.6) is 0 Å². The maximum Gasteiger partial charge on any atom is 0.192 e. The van der Waals surface area contributed by atoms with Crippen LogP contribution in [0.4, 0.5) is 0 Å². The van der Waals surface area contributed by atoms with Crippen molar-refractivity contribution in [3.05, 3.63) is 47.1 Å². The van der Waals surface area contributed by atoms with E-state index in [2.05, 4.69) is 134 Å². The van der Waals surface area contributed by atoms with Gasteiger partial charge in [-0.2, -0.15) is 0 Å². The zero-order valence-corrected chi connectivity index (χ0v) is 39.1. The Morgan fingerprint density at radius 3 is 1.80 bits per heavy atom. The molecule has 3 rings (SSSR count). The van der Waals surface area contributed by atoms with E-state index in [-0.39, 0.29) is 27.9 Å². The summed E-state index contributed by atoms with van der Waals surface area (Å²) in [6.07, 6.45) is 19.6. The van der Waals surface area contributed by atoms with Gasteiger partial charge < -0.3 is 13.3 Å². The molecule has 0 aromatic rings. The van der Waals surface area contributed by atoms with E-state index in [0.717, 1.165) is 24.8 Å². The Morgan fingerprint density at radius 1 is 0.800 bits per heavy atom. The van der Waals surface area contributed by atoms with E-state index < -0.39 is 25.0 Å². The molecule has 0 unspecified atom stereocenters. The summed E-state index contributed by atoms with van der Waals surface area (Å²) in [5, 5.41) is 0.312. The molecule has 288 valence electrons. The lowest BCUT2D eigenvalue weighted by molar-refractivity contribution is 0.0838. The molecule has 0 aliphatic heterocycles. The summed E-state index contributed by atoms with van der Waals surface area (Å²) < 4.78 is 21.2. The van der Waals surface area contributed by atoms with Crippen LogP contribution in [0, 0.1) is 11.3 Å². The molecule has 0 spiro atoms. The van der Waals surface area contributed by atoms with Crippen LogP contribution in [-0.4, -0.2) is 42.8 Å². The molecule has 0 aromatic carbocycles. The van der Waals surface area contributed by atoms with E-state index >= 15 is 0 Å². The molecule has 3 aliphatic rings. The second-order valence-electron chi connectivity index (χ2n) is 20.4. The fourth-order valence-electron chi connectivity index (χ4n) is 8.52. The van der Waals surface area contributed by atoms with E-state index in [4.69, 9.17) is 13.3 Å². The van der Waals surface area contributed by atoms with Crippen LogP contribution in [0.1, 0.15) is 147 Å². The van der Waals surface area contributed by atoms with Gasteiger partial charge in [-0.05, 0) is 149 Å².